The highest BCUT2D eigenvalue weighted by atomic mass is 14.2. The highest BCUT2D eigenvalue weighted by molar-refractivity contribution is 5.75. The molecule has 0 saturated carbocycles. The lowest BCUT2D eigenvalue weighted by Gasteiger charge is -2.17. The van der Waals surface area contributed by atoms with Gasteiger partial charge in [-0.15, -0.1) is 5.73 Å². The largest absolute Gasteiger partial charge is 0.120 e. The molecule has 0 spiro atoms. The third kappa shape index (κ3) is 5.90. The molecule has 1 aromatic carbocycles. The normalized spacial score (nSPS) is 15.8. The van der Waals surface area contributed by atoms with Crippen molar-refractivity contribution < 1.29 is 0 Å². The summed E-state index contributed by atoms with van der Waals surface area (Å²) in [6.45, 7) is 13.2. The van der Waals surface area contributed by atoms with E-state index in [-0.39, 0.29) is 0 Å². The maximum atomic E-state index is 4.25. The molecule has 0 aliphatic heterocycles. The molecular formula is C32H38. The van der Waals surface area contributed by atoms with E-state index in [1.165, 1.54) is 51.0 Å². The van der Waals surface area contributed by atoms with Crippen LogP contribution in [0.3, 0.4) is 0 Å². The van der Waals surface area contributed by atoms with Crippen molar-refractivity contribution in [1.82, 2.24) is 0 Å². The van der Waals surface area contributed by atoms with E-state index in [0.29, 0.717) is 0 Å². The SMILES string of the molecule is C=C(C)C(CC)=C(CC)CCC1=CC(C2=CC=CC=C=C2)=CCc2ccc(CCC)cc21. The smallest absolute Gasteiger partial charge is 0.00822 e. The van der Waals surface area contributed by atoms with E-state index < -0.39 is 0 Å². The van der Waals surface area contributed by atoms with Gasteiger partial charge in [-0.25, -0.2) is 0 Å². The van der Waals surface area contributed by atoms with Crippen LogP contribution in [-0.4, -0.2) is 0 Å². The van der Waals surface area contributed by atoms with Gasteiger partial charge in [-0.05, 0) is 96.6 Å². The summed E-state index contributed by atoms with van der Waals surface area (Å²) in [4.78, 5) is 0. The first kappa shape index (κ1) is 23.8. The molecule has 0 aromatic heterocycles. The summed E-state index contributed by atoms with van der Waals surface area (Å²) in [6, 6.07) is 7.13. The van der Waals surface area contributed by atoms with Crippen LogP contribution in [0.15, 0.2) is 101 Å². The zero-order chi connectivity index (χ0) is 22.9. The molecule has 0 fully saturated rings. The lowest BCUT2D eigenvalue weighted by molar-refractivity contribution is 0.874. The molecule has 1 aromatic rings. The standard InChI is InChI=1S/C32H38/c1-6-13-25-16-17-28-19-20-29(27-14-11-9-10-12-15-27)23-30(32(28)22-25)21-18-26(7-2)31(8-3)24(4)5/h9-11,14-17,20,22-23H,4,6-8,13,18-19,21H2,1-3,5H3. The van der Waals surface area contributed by atoms with E-state index in [9.17, 15) is 0 Å². The summed E-state index contributed by atoms with van der Waals surface area (Å²) >= 11 is 0. The van der Waals surface area contributed by atoms with Crippen LogP contribution < -0.4 is 0 Å². The van der Waals surface area contributed by atoms with E-state index >= 15 is 0 Å². The average Bonchev–Trinajstić information content (AvgIpc) is 3.16. The Kier molecular flexibility index (Phi) is 8.72. The van der Waals surface area contributed by atoms with Gasteiger partial charge in [-0.3, -0.25) is 0 Å². The number of hydrogen-bond acceptors (Lipinski definition) is 0. The second-order valence-electron chi connectivity index (χ2n) is 8.83. The number of hydrogen-bond donors (Lipinski definition) is 0. The summed E-state index contributed by atoms with van der Waals surface area (Å²) in [6.07, 6.45) is 22.8. The van der Waals surface area contributed by atoms with Crippen molar-refractivity contribution in [2.45, 2.75) is 72.6 Å². The van der Waals surface area contributed by atoms with Gasteiger partial charge < -0.3 is 0 Å². The fourth-order valence-corrected chi connectivity index (χ4v) is 4.81. The maximum absolute atomic E-state index is 4.25. The Hall–Kier alpha value is -2.82. The third-order valence-electron chi connectivity index (χ3n) is 6.50. The van der Waals surface area contributed by atoms with Gasteiger partial charge in [0.05, 0.1) is 0 Å². The monoisotopic (exact) mass is 422 g/mol. The molecular weight excluding hydrogens is 384 g/mol. The molecule has 0 heterocycles. The van der Waals surface area contributed by atoms with E-state index in [1.54, 1.807) is 5.57 Å². The fourth-order valence-electron chi connectivity index (χ4n) is 4.81. The number of fused-ring (bicyclic) bond motifs is 1. The summed E-state index contributed by atoms with van der Waals surface area (Å²) in [5.74, 6) is 0. The maximum Gasteiger partial charge on any atom is -0.00822 e. The Labute approximate surface area is 195 Å². The molecule has 0 radical (unpaired) electrons. The quantitative estimate of drug-likeness (QED) is 0.275. The molecule has 0 unspecified atom stereocenters. The zero-order valence-electron chi connectivity index (χ0n) is 20.4. The zero-order valence-corrected chi connectivity index (χ0v) is 20.4. The van der Waals surface area contributed by atoms with Crippen LogP contribution in [0.5, 0.6) is 0 Å². The van der Waals surface area contributed by atoms with Crippen molar-refractivity contribution in [3.63, 3.8) is 0 Å². The average molecular weight is 423 g/mol. The lowest BCUT2D eigenvalue weighted by Crippen LogP contribution is -1.97. The van der Waals surface area contributed by atoms with E-state index in [1.807, 2.05) is 12.2 Å². The molecule has 0 bridgehead atoms. The van der Waals surface area contributed by atoms with Crippen LogP contribution in [0.1, 0.15) is 76.5 Å². The molecule has 32 heavy (non-hydrogen) atoms. The molecule has 0 saturated heterocycles. The number of rotatable bonds is 9. The third-order valence-corrected chi connectivity index (χ3v) is 6.50. The highest BCUT2D eigenvalue weighted by Crippen LogP contribution is 2.34. The number of benzene rings is 1. The molecule has 0 heteroatoms. The van der Waals surface area contributed by atoms with Crippen LogP contribution in [0, 0.1) is 0 Å². The summed E-state index contributed by atoms with van der Waals surface area (Å²) in [7, 11) is 0. The molecule has 0 nitrogen and oxygen atoms in total. The van der Waals surface area contributed by atoms with Crippen LogP contribution in [0.2, 0.25) is 0 Å². The van der Waals surface area contributed by atoms with Gasteiger partial charge in [-0.1, -0.05) is 93.5 Å². The Balaban J connectivity index is 2.03. The Morgan fingerprint density at radius 3 is 2.59 bits per heavy atom. The number of aryl methyl sites for hydroxylation is 1. The van der Waals surface area contributed by atoms with Gasteiger partial charge in [0.25, 0.3) is 0 Å². The van der Waals surface area contributed by atoms with Crippen molar-refractivity contribution in [1.29, 1.82) is 0 Å². The molecule has 2 aliphatic rings. The Bertz CT molecular complexity index is 1070. The minimum absolute atomic E-state index is 0.970. The lowest BCUT2D eigenvalue weighted by atomic mass is 9.88. The van der Waals surface area contributed by atoms with Gasteiger partial charge >= 0.3 is 0 Å². The Morgan fingerprint density at radius 2 is 1.88 bits per heavy atom. The first-order valence-electron chi connectivity index (χ1n) is 12.3. The summed E-state index contributed by atoms with van der Waals surface area (Å²) in [5.41, 5.74) is 15.8. The summed E-state index contributed by atoms with van der Waals surface area (Å²) in [5, 5.41) is 0. The predicted octanol–water partition coefficient (Wildman–Crippen LogP) is 9.19. The molecule has 0 atom stereocenters. The molecule has 0 amide bonds. The van der Waals surface area contributed by atoms with Crippen molar-refractivity contribution in [2.75, 3.05) is 0 Å². The second kappa shape index (κ2) is 11.7. The van der Waals surface area contributed by atoms with Crippen molar-refractivity contribution in [3.05, 3.63) is 118 Å². The van der Waals surface area contributed by atoms with Gasteiger partial charge in [0.2, 0.25) is 0 Å². The van der Waals surface area contributed by atoms with Gasteiger partial charge in [0, 0.05) is 0 Å². The molecule has 166 valence electrons. The van der Waals surface area contributed by atoms with Crippen molar-refractivity contribution in [3.8, 4) is 0 Å². The van der Waals surface area contributed by atoms with Crippen molar-refractivity contribution in [2.24, 2.45) is 0 Å². The molecule has 0 N–H and O–H groups in total. The van der Waals surface area contributed by atoms with Crippen LogP contribution in [0.25, 0.3) is 5.57 Å². The minimum Gasteiger partial charge on any atom is -0.120 e. The summed E-state index contributed by atoms with van der Waals surface area (Å²) < 4.78 is 0. The predicted molar refractivity (Wildman–Crippen MR) is 142 cm³/mol. The molecule has 3 rings (SSSR count). The molecule has 2 aliphatic carbocycles. The van der Waals surface area contributed by atoms with Gasteiger partial charge in [-0.2, -0.15) is 0 Å². The highest BCUT2D eigenvalue weighted by Gasteiger charge is 2.16. The fraction of sp³-hybridized carbons (Fsp3) is 0.344. The Morgan fingerprint density at radius 1 is 1.03 bits per heavy atom. The van der Waals surface area contributed by atoms with Gasteiger partial charge in [0.1, 0.15) is 0 Å². The van der Waals surface area contributed by atoms with E-state index in [2.05, 4.69) is 88.6 Å². The topological polar surface area (TPSA) is 0 Å². The van der Waals surface area contributed by atoms with E-state index in [4.69, 9.17) is 0 Å². The van der Waals surface area contributed by atoms with Crippen LogP contribution in [0.4, 0.5) is 0 Å². The van der Waals surface area contributed by atoms with Crippen molar-refractivity contribution >= 4 is 5.57 Å². The number of allylic oxidation sites excluding steroid dienone is 12. The first-order valence-corrected chi connectivity index (χ1v) is 12.3. The first-order chi connectivity index (χ1) is 15.6. The minimum atomic E-state index is 0.970. The van der Waals surface area contributed by atoms with Gasteiger partial charge in [0.15, 0.2) is 0 Å². The van der Waals surface area contributed by atoms with E-state index in [0.717, 1.165) is 38.5 Å². The van der Waals surface area contributed by atoms with Crippen LogP contribution >= 0.6 is 0 Å². The van der Waals surface area contributed by atoms with Crippen LogP contribution in [-0.2, 0) is 12.8 Å². The second-order valence-corrected chi connectivity index (χ2v) is 8.83.